The van der Waals surface area contributed by atoms with E-state index in [2.05, 4.69) is 4.72 Å². The van der Waals surface area contributed by atoms with E-state index in [1.54, 1.807) is 11.0 Å². The number of nitrogens with one attached hydrogen (secondary N) is 1. The second-order valence-corrected chi connectivity index (χ2v) is 7.06. The molecule has 1 aliphatic heterocycles. The van der Waals surface area contributed by atoms with Gasteiger partial charge in [0.1, 0.15) is 5.75 Å². The fourth-order valence-electron chi connectivity index (χ4n) is 2.45. The van der Waals surface area contributed by atoms with Crippen molar-refractivity contribution in [3.8, 4) is 0 Å². The Labute approximate surface area is 124 Å². The number of likely N-dealkylation sites (tertiary alicyclic amines) is 1. The average Bonchev–Trinajstić information content (AvgIpc) is 2.88. The van der Waals surface area contributed by atoms with Gasteiger partial charge in [-0.2, -0.15) is 0 Å². The van der Waals surface area contributed by atoms with Gasteiger partial charge in [-0.3, -0.25) is 4.79 Å². The van der Waals surface area contributed by atoms with Crippen LogP contribution in [0, 0.1) is 0 Å². The maximum Gasteiger partial charge on any atom is 0.239 e. The highest BCUT2D eigenvalue weighted by atomic mass is 35.5. The molecule has 0 radical (unpaired) electrons. The van der Waals surface area contributed by atoms with Gasteiger partial charge in [0.15, 0.2) is 0 Å². The van der Waals surface area contributed by atoms with Crippen LogP contribution < -0.4 is 4.72 Å². The lowest BCUT2D eigenvalue weighted by atomic mass is 10.0. The molecule has 1 amide bonds. The summed E-state index contributed by atoms with van der Waals surface area (Å²) in [5.41, 5.74) is 0.877. The molecule has 0 saturated carbocycles. The van der Waals surface area contributed by atoms with E-state index in [4.69, 9.17) is 11.6 Å². The molecule has 1 saturated heterocycles. The molecule has 0 spiro atoms. The molecule has 1 aliphatic rings. The van der Waals surface area contributed by atoms with Gasteiger partial charge in [0, 0.05) is 11.6 Å². The number of carbonyl (C=O) groups excluding carboxylic acids is 1. The molecule has 0 aliphatic carbocycles. The zero-order valence-corrected chi connectivity index (χ0v) is 12.7. The van der Waals surface area contributed by atoms with Crippen molar-refractivity contribution in [2.45, 2.75) is 18.9 Å². The number of nitrogens with zero attached hydrogens (tertiary/aromatic N) is 1. The van der Waals surface area contributed by atoms with Crippen LogP contribution in [0.3, 0.4) is 0 Å². The van der Waals surface area contributed by atoms with E-state index < -0.39 is 15.8 Å². The zero-order chi connectivity index (χ0) is 14.8. The van der Waals surface area contributed by atoms with Crippen LogP contribution in [0.2, 0.25) is 5.02 Å². The Bertz CT molecular complexity index is 603. The van der Waals surface area contributed by atoms with Crippen LogP contribution >= 0.6 is 11.6 Å². The summed E-state index contributed by atoms with van der Waals surface area (Å²) in [4.78, 5) is 13.8. The molecule has 20 heavy (non-hydrogen) atoms. The monoisotopic (exact) mass is 316 g/mol. The average molecular weight is 317 g/mol. The second-order valence-electron chi connectivity index (χ2n) is 4.73. The first kappa shape index (κ1) is 15.3. The van der Waals surface area contributed by atoms with E-state index in [1.165, 1.54) is 7.05 Å². The van der Waals surface area contributed by atoms with E-state index >= 15 is 0 Å². The third kappa shape index (κ3) is 3.31. The first-order valence-electron chi connectivity index (χ1n) is 6.40. The number of amides is 1. The molecule has 1 N–H and O–H groups in total. The van der Waals surface area contributed by atoms with Gasteiger partial charge in [0.25, 0.3) is 0 Å². The third-order valence-corrected chi connectivity index (χ3v) is 5.06. The van der Waals surface area contributed by atoms with Crippen LogP contribution in [0.15, 0.2) is 24.3 Å². The van der Waals surface area contributed by atoms with E-state index in [0.29, 0.717) is 11.6 Å². The molecule has 0 bridgehead atoms. The molecule has 5 nitrogen and oxygen atoms in total. The summed E-state index contributed by atoms with van der Waals surface area (Å²) in [5.74, 6) is -0.911. The number of hydrogen-bond acceptors (Lipinski definition) is 3. The van der Waals surface area contributed by atoms with Gasteiger partial charge in [-0.25, -0.2) is 13.1 Å². The van der Waals surface area contributed by atoms with Gasteiger partial charge in [-0.15, -0.1) is 0 Å². The molecule has 110 valence electrons. The largest absolute Gasteiger partial charge is 0.335 e. The Morgan fingerprint density at radius 2 is 2.15 bits per heavy atom. The van der Waals surface area contributed by atoms with Crippen LogP contribution in [0.5, 0.6) is 0 Å². The van der Waals surface area contributed by atoms with Crippen molar-refractivity contribution >= 4 is 27.5 Å². The number of benzene rings is 1. The van der Waals surface area contributed by atoms with Crippen molar-refractivity contribution in [3.05, 3.63) is 34.9 Å². The highest BCUT2D eigenvalue weighted by Crippen LogP contribution is 2.35. The predicted octanol–water partition coefficient (Wildman–Crippen LogP) is 1.55. The van der Waals surface area contributed by atoms with Gasteiger partial charge in [0.05, 0.1) is 6.04 Å². The van der Waals surface area contributed by atoms with Crippen LogP contribution in [0.1, 0.15) is 24.4 Å². The number of hydrogen-bond donors (Lipinski definition) is 1. The molecule has 1 atom stereocenters. The standard InChI is InChI=1S/C13H17ClN2O3S/c1-15-20(18,19)9-13(17)16-8-4-7-12(16)10-5-2-3-6-11(10)14/h2-3,5-6,12,15H,4,7-9H2,1H3/t12-/m0/s1. The smallest absolute Gasteiger partial charge is 0.239 e. The summed E-state index contributed by atoms with van der Waals surface area (Å²) in [5, 5.41) is 0.605. The highest BCUT2D eigenvalue weighted by Gasteiger charge is 2.32. The summed E-state index contributed by atoms with van der Waals surface area (Å²) in [6.07, 6.45) is 1.65. The molecule has 1 fully saturated rings. The van der Waals surface area contributed by atoms with Crippen LogP contribution in [-0.4, -0.2) is 38.6 Å². The number of carbonyl (C=O) groups is 1. The molecule has 1 aromatic carbocycles. The summed E-state index contributed by atoms with van der Waals surface area (Å²) >= 11 is 6.17. The maximum atomic E-state index is 12.2. The lowest BCUT2D eigenvalue weighted by Crippen LogP contribution is -2.38. The molecule has 1 aromatic rings. The van der Waals surface area contributed by atoms with Crippen LogP contribution in [-0.2, 0) is 14.8 Å². The van der Waals surface area contributed by atoms with Gasteiger partial charge < -0.3 is 4.90 Å². The topological polar surface area (TPSA) is 66.5 Å². The minimum atomic E-state index is -3.55. The maximum absolute atomic E-state index is 12.2. The van der Waals surface area contributed by atoms with E-state index in [-0.39, 0.29) is 11.9 Å². The summed E-state index contributed by atoms with van der Waals surface area (Å²) in [6, 6.07) is 7.22. The van der Waals surface area contributed by atoms with E-state index in [0.717, 1.165) is 18.4 Å². The van der Waals surface area contributed by atoms with Crippen LogP contribution in [0.4, 0.5) is 0 Å². The fraction of sp³-hybridized carbons (Fsp3) is 0.462. The number of halogens is 1. The van der Waals surface area contributed by atoms with Gasteiger partial charge in [0.2, 0.25) is 15.9 Å². The van der Waals surface area contributed by atoms with Crippen molar-refractivity contribution in [2.75, 3.05) is 19.3 Å². The first-order chi connectivity index (χ1) is 9.44. The molecule has 0 unspecified atom stereocenters. The van der Waals surface area contributed by atoms with Crippen molar-refractivity contribution < 1.29 is 13.2 Å². The normalized spacial score (nSPS) is 19.3. The molecule has 2 rings (SSSR count). The van der Waals surface area contributed by atoms with Crippen molar-refractivity contribution in [2.24, 2.45) is 0 Å². The summed E-state index contributed by atoms with van der Waals surface area (Å²) in [6.45, 7) is 0.563. The molecule has 7 heteroatoms. The third-order valence-electron chi connectivity index (χ3n) is 3.46. The SMILES string of the molecule is CNS(=O)(=O)CC(=O)N1CCC[C@H]1c1ccccc1Cl. The summed E-state index contributed by atoms with van der Waals surface area (Å²) in [7, 11) is -2.24. The first-order valence-corrected chi connectivity index (χ1v) is 8.43. The molecule has 1 heterocycles. The molecule has 0 aromatic heterocycles. The highest BCUT2D eigenvalue weighted by molar-refractivity contribution is 7.90. The van der Waals surface area contributed by atoms with Crippen molar-refractivity contribution in [1.82, 2.24) is 9.62 Å². The Balaban J connectivity index is 2.20. The quantitative estimate of drug-likeness (QED) is 0.916. The van der Waals surface area contributed by atoms with Crippen molar-refractivity contribution in [3.63, 3.8) is 0 Å². The Morgan fingerprint density at radius 1 is 1.45 bits per heavy atom. The Hall–Kier alpha value is -1.11. The summed E-state index contributed by atoms with van der Waals surface area (Å²) < 4.78 is 25.1. The van der Waals surface area contributed by atoms with E-state index in [1.807, 2.05) is 18.2 Å². The van der Waals surface area contributed by atoms with Crippen LogP contribution in [0.25, 0.3) is 0 Å². The van der Waals surface area contributed by atoms with Gasteiger partial charge in [-0.05, 0) is 31.5 Å². The molecular weight excluding hydrogens is 300 g/mol. The second kappa shape index (κ2) is 6.11. The zero-order valence-electron chi connectivity index (χ0n) is 11.2. The van der Waals surface area contributed by atoms with Crippen molar-refractivity contribution in [1.29, 1.82) is 0 Å². The Morgan fingerprint density at radius 3 is 2.80 bits per heavy atom. The Kier molecular flexibility index (Phi) is 4.67. The minimum Gasteiger partial charge on any atom is -0.335 e. The van der Waals surface area contributed by atoms with Gasteiger partial charge >= 0.3 is 0 Å². The number of rotatable bonds is 4. The minimum absolute atomic E-state index is 0.136. The fourth-order valence-corrected chi connectivity index (χ4v) is 3.35. The predicted molar refractivity (Wildman–Crippen MR) is 78.0 cm³/mol. The molecular formula is C13H17ClN2O3S. The lowest BCUT2D eigenvalue weighted by Gasteiger charge is -2.25. The lowest BCUT2D eigenvalue weighted by molar-refractivity contribution is -0.129. The van der Waals surface area contributed by atoms with Gasteiger partial charge in [-0.1, -0.05) is 29.8 Å². The van der Waals surface area contributed by atoms with E-state index in [9.17, 15) is 13.2 Å². The number of sulfonamides is 1.